The van der Waals surface area contributed by atoms with Gasteiger partial charge in [-0.25, -0.2) is 4.58 Å². The van der Waals surface area contributed by atoms with Crippen molar-refractivity contribution in [2.45, 2.75) is 32.9 Å². The van der Waals surface area contributed by atoms with Crippen LogP contribution in [0.4, 0.5) is 0 Å². The SMILES string of the molecule is C/C=[N+](/C)C(C)N1CCCC1=O. The molecule has 3 heteroatoms. The summed E-state index contributed by atoms with van der Waals surface area (Å²) in [5, 5.41) is 0. The fourth-order valence-corrected chi connectivity index (χ4v) is 1.50. The third kappa shape index (κ3) is 1.65. The second kappa shape index (κ2) is 3.70. The fraction of sp³-hybridized carbons (Fsp3) is 0.778. The minimum atomic E-state index is 0.213. The average molecular weight is 169 g/mol. The van der Waals surface area contributed by atoms with Crippen molar-refractivity contribution in [1.29, 1.82) is 0 Å². The predicted octanol–water partition coefficient (Wildman–Crippen LogP) is 0.688. The lowest BCUT2D eigenvalue weighted by atomic mass is 10.4. The number of amides is 1. The molecule has 0 bridgehead atoms. The van der Waals surface area contributed by atoms with Crippen molar-refractivity contribution in [2.24, 2.45) is 0 Å². The van der Waals surface area contributed by atoms with Crippen LogP contribution in [0.25, 0.3) is 0 Å². The second-order valence-electron chi connectivity index (χ2n) is 3.25. The first-order valence-electron chi connectivity index (χ1n) is 4.47. The molecule has 0 spiro atoms. The first-order chi connectivity index (χ1) is 5.66. The van der Waals surface area contributed by atoms with Crippen molar-refractivity contribution < 1.29 is 9.37 Å². The van der Waals surface area contributed by atoms with Crippen molar-refractivity contribution >= 4 is 12.1 Å². The van der Waals surface area contributed by atoms with Crippen molar-refractivity contribution in [1.82, 2.24) is 4.90 Å². The maximum absolute atomic E-state index is 11.3. The lowest BCUT2D eigenvalue weighted by molar-refractivity contribution is -0.552. The molecule has 12 heavy (non-hydrogen) atoms. The van der Waals surface area contributed by atoms with Gasteiger partial charge in [-0.2, -0.15) is 0 Å². The quantitative estimate of drug-likeness (QED) is 0.440. The summed E-state index contributed by atoms with van der Waals surface area (Å²) in [6.07, 6.45) is 3.95. The highest BCUT2D eigenvalue weighted by atomic mass is 16.2. The Labute approximate surface area is 73.7 Å². The van der Waals surface area contributed by atoms with Crippen LogP contribution in [-0.4, -0.2) is 41.4 Å². The molecule has 0 radical (unpaired) electrons. The van der Waals surface area contributed by atoms with Crippen LogP contribution in [-0.2, 0) is 4.79 Å². The number of hydrogen-bond donors (Lipinski definition) is 0. The minimum Gasteiger partial charge on any atom is -0.285 e. The molecule has 1 unspecified atom stereocenters. The van der Waals surface area contributed by atoms with E-state index < -0.39 is 0 Å². The number of likely N-dealkylation sites (tertiary alicyclic amines) is 1. The van der Waals surface area contributed by atoms with Gasteiger partial charge in [-0.3, -0.25) is 9.69 Å². The zero-order valence-electron chi connectivity index (χ0n) is 8.08. The molecular weight excluding hydrogens is 152 g/mol. The molecule has 1 aliphatic heterocycles. The van der Waals surface area contributed by atoms with E-state index in [1.54, 1.807) is 0 Å². The molecule has 1 amide bonds. The number of rotatable bonds is 2. The molecule has 0 aromatic carbocycles. The molecule has 1 heterocycles. The van der Waals surface area contributed by atoms with Gasteiger partial charge in [0.15, 0.2) is 0 Å². The summed E-state index contributed by atoms with van der Waals surface area (Å²) in [7, 11) is 2.00. The molecule has 3 nitrogen and oxygen atoms in total. The van der Waals surface area contributed by atoms with Crippen LogP contribution in [0.3, 0.4) is 0 Å². The van der Waals surface area contributed by atoms with Gasteiger partial charge in [-0.15, -0.1) is 0 Å². The fourth-order valence-electron chi connectivity index (χ4n) is 1.50. The summed E-state index contributed by atoms with van der Waals surface area (Å²) in [5.41, 5.74) is 0. The highest BCUT2D eigenvalue weighted by molar-refractivity contribution is 5.78. The molecular formula is C9H17N2O+. The Kier molecular flexibility index (Phi) is 2.84. The molecule has 0 N–H and O–H groups in total. The number of nitrogens with zero attached hydrogens (tertiary/aromatic N) is 2. The lowest BCUT2D eigenvalue weighted by Crippen LogP contribution is -2.40. The summed E-state index contributed by atoms with van der Waals surface area (Å²) in [5.74, 6) is 0.288. The van der Waals surface area contributed by atoms with Crippen molar-refractivity contribution in [3.8, 4) is 0 Å². The third-order valence-electron chi connectivity index (χ3n) is 2.56. The largest absolute Gasteiger partial charge is 0.285 e. The van der Waals surface area contributed by atoms with Gasteiger partial charge in [0.2, 0.25) is 12.1 Å². The van der Waals surface area contributed by atoms with E-state index in [9.17, 15) is 4.79 Å². The van der Waals surface area contributed by atoms with E-state index in [1.807, 2.05) is 25.1 Å². The second-order valence-corrected chi connectivity index (χ2v) is 3.25. The topological polar surface area (TPSA) is 23.3 Å². The first-order valence-corrected chi connectivity index (χ1v) is 4.47. The standard InChI is InChI=1S/C9H17N2O/c1-4-10(3)8(2)11-7-5-6-9(11)12/h4,8H,5-7H2,1-3H3/q+1/b10-4-. The Morgan fingerprint density at radius 2 is 2.33 bits per heavy atom. The van der Waals surface area contributed by atoms with E-state index in [2.05, 4.69) is 11.5 Å². The molecule has 0 aromatic heterocycles. The Bertz CT molecular complexity index is 211. The summed E-state index contributed by atoms with van der Waals surface area (Å²) in [6, 6.07) is 0. The monoisotopic (exact) mass is 169 g/mol. The zero-order valence-corrected chi connectivity index (χ0v) is 8.08. The highest BCUT2D eigenvalue weighted by Crippen LogP contribution is 2.12. The summed E-state index contributed by atoms with van der Waals surface area (Å²) < 4.78 is 2.06. The van der Waals surface area contributed by atoms with Crippen LogP contribution in [0.1, 0.15) is 26.7 Å². The van der Waals surface area contributed by atoms with E-state index in [0.29, 0.717) is 0 Å². The van der Waals surface area contributed by atoms with E-state index in [0.717, 1.165) is 19.4 Å². The van der Waals surface area contributed by atoms with E-state index in [-0.39, 0.29) is 12.1 Å². The molecule has 0 aromatic rings. The molecule has 68 valence electrons. The lowest BCUT2D eigenvalue weighted by Gasteiger charge is -2.19. The van der Waals surface area contributed by atoms with Gasteiger partial charge in [0.1, 0.15) is 13.3 Å². The smallest absolute Gasteiger partial charge is 0.227 e. The van der Waals surface area contributed by atoms with E-state index in [1.165, 1.54) is 0 Å². The van der Waals surface area contributed by atoms with Gasteiger partial charge >= 0.3 is 0 Å². The molecule has 0 aliphatic carbocycles. The number of carbonyl (C=O) groups is 1. The van der Waals surface area contributed by atoms with Gasteiger partial charge in [0.05, 0.1) is 0 Å². The Morgan fingerprint density at radius 3 is 2.75 bits per heavy atom. The maximum Gasteiger partial charge on any atom is 0.227 e. The summed E-state index contributed by atoms with van der Waals surface area (Å²) >= 11 is 0. The molecule has 1 rings (SSSR count). The average Bonchev–Trinajstić information content (AvgIpc) is 2.48. The van der Waals surface area contributed by atoms with Crippen molar-refractivity contribution in [2.75, 3.05) is 13.6 Å². The van der Waals surface area contributed by atoms with Crippen molar-refractivity contribution in [3.63, 3.8) is 0 Å². The van der Waals surface area contributed by atoms with Gasteiger partial charge in [-0.05, 0) is 6.42 Å². The third-order valence-corrected chi connectivity index (χ3v) is 2.56. The van der Waals surface area contributed by atoms with Crippen LogP contribution >= 0.6 is 0 Å². The van der Waals surface area contributed by atoms with Crippen LogP contribution in [0, 0.1) is 0 Å². The molecule has 1 fully saturated rings. The summed E-state index contributed by atoms with van der Waals surface area (Å²) in [6.45, 7) is 4.96. The molecule has 0 saturated carbocycles. The Balaban J connectivity index is 2.63. The van der Waals surface area contributed by atoms with E-state index >= 15 is 0 Å². The van der Waals surface area contributed by atoms with Crippen molar-refractivity contribution in [3.05, 3.63) is 0 Å². The van der Waals surface area contributed by atoms with Crippen LogP contribution in [0.2, 0.25) is 0 Å². The zero-order chi connectivity index (χ0) is 9.14. The van der Waals surface area contributed by atoms with Crippen LogP contribution < -0.4 is 0 Å². The summed E-state index contributed by atoms with van der Waals surface area (Å²) in [4.78, 5) is 13.3. The van der Waals surface area contributed by atoms with Crippen LogP contribution in [0.15, 0.2) is 0 Å². The van der Waals surface area contributed by atoms with Gasteiger partial charge in [0, 0.05) is 26.8 Å². The number of carbonyl (C=O) groups excluding carboxylic acids is 1. The highest BCUT2D eigenvalue weighted by Gasteiger charge is 2.29. The van der Waals surface area contributed by atoms with E-state index in [4.69, 9.17) is 0 Å². The number of hydrogen-bond acceptors (Lipinski definition) is 1. The van der Waals surface area contributed by atoms with Crippen LogP contribution in [0.5, 0.6) is 0 Å². The first kappa shape index (κ1) is 9.23. The van der Waals surface area contributed by atoms with Gasteiger partial charge < -0.3 is 0 Å². The maximum atomic E-state index is 11.3. The predicted molar refractivity (Wildman–Crippen MR) is 48.3 cm³/mol. The Hall–Kier alpha value is -0.860. The molecule has 1 atom stereocenters. The van der Waals surface area contributed by atoms with Gasteiger partial charge in [0.25, 0.3) is 0 Å². The molecule has 1 saturated heterocycles. The normalized spacial score (nSPS) is 21.8. The van der Waals surface area contributed by atoms with Gasteiger partial charge in [-0.1, -0.05) is 0 Å². The minimum absolute atomic E-state index is 0.213. The molecule has 1 aliphatic rings. The Morgan fingerprint density at radius 1 is 1.67 bits per heavy atom.